The van der Waals surface area contributed by atoms with Crippen molar-refractivity contribution in [2.24, 2.45) is 0 Å². The van der Waals surface area contributed by atoms with Gasteiger partial charge in [-0.1, -0.05) is 41.4 Å². The van der Waals surface area contributed by atoms with Crippen LogP contribution in [0.5, 0.6) is 0 Å². The molecule has 0 saturated heterocycles. The van der Waals surface area contributed by atoms with Crippen molar-refractivity contribution >= 4 is 46.3 Å². The van der Waals surface area contributed by atoms with Crippen LogP contribution in [-0.2, 0) is 0 Å². The predicted molar refractivity (Wildman–Crippen MR) is 88.8 cm³/mol. The number of nitro groups is 1. The first-order chi connectivity index (χ1) is 10.1. The van der Waals surface area contributed by atoms with E-state index in [1.165, 1.54) is 12.1 Å². The predicted octanol–water partition coefficient (Wildman–Crippen LogP) is 5.11. The summed E-state index contributed by atoms with van der Waals surface area (Å²) in [5.74, 6) is 0.779. The Bertz CT molecular complexity index is 638. The van der Waals surface area contributed by atoms with Crippen molar-refractivity contribution in [3.05, 3.63) is 62.6 Å². The number of hydrogen-bond donors (Lipinski definition) is 1. The Morgan fingerprint density at radius 1 is 1.14 bits per heavy atom. The molecule has 0 radical (unpaired) electrons. The van der Waals surface area contributed by atoms with Gasteiger partial charge in [-0.05, 0) is 18.2 Å². The maximum atomic E-state index is 11.0. The highest BCUT2D eigenvalue weighted by Gasteiger charge is 2.16. The first kappa shape index (κ1) is 15.9. The van der Waals surface area contributed by atoms with Crippen LogP contribution in [0.4, 0.5) is 11.4 Å². The highest BCUT2D eigenvalue weighted by molar-refractivity contribution is 7.99. The van der Waals surface area contributed by atoms with Gasteiger partial charge in [0.2, 0.25) is 0 Å². The van der Waals surface area contributed by atoms with E-state index < -0.39 is 4.92 Å². The molecule has 4 nitrogen and oxygen atoms in total. The quantitative estimate of drug-likeness (QED) is 0.343. The molecule has 2 rings (SSSR count). The van der Waals surface area contributed by atoms with E-state index in [0.29, 0.717) is 17.3 Å². The van der Waals surface area contributed by atoms with E-state index in [9.17, 15) is 10.1 Å². The highest BCUT2D eigenvalue weighted by Crippen LogP contribution is 2.34. The number of halogens is 2. The molecule has 0 amide bonds. The zero-order chi connectivity index (χ0) is 15.2. The second kappa shape index (κ2) is 7.54. The summed E-state index contributed by atoms with van der Waals surface area (Å²) < 4.78 is 0. The molecule has 0 saturated carbocycles. The normalized spacial score (nSPS) is 10.4. The van der Waals surface area contributed by atoms with Crippen LogP contribution in [0.3, 0.4) is 0 Å². The van der Waals surface area contributed by atoms with Gasteiger partial charge in [-0.2, -0.15) is 0 Å². The van der Waals surface area contributed by atoms with Gasteiger partial charge in [-0.25, -0.2) is 0 Å². The average molecular weight is 343 g/mol. The number of benzene rings is 2. The molecule has 0 heterocycles. The molecule has 0 aliphatic carbocycles. The van der Waals surface area contributed by atoms with Crippen LogP contribution in [0.15, 0.2) is 47.4 Å². The van der Waals surface area contributed by atoms with E-state index in [2.05, 4.69) is 5.32 Å². The Kier molecular flexibility index (Phi) is 5.73. The number of rotatable bonds is 6. The highest BCUT2D eigenvalue weighted by atomic mass is 35.5. The number of thioether (sulfide) groups is 1. The smallest absolute Gasteiger partial charge is 0.293 e. The Balaban J connectivity index is 1.96. The topological polar surface area (TPSA) is 55.2 Å². The number of nitrogens with zero attached hydrogens (tertiary/aromatic N) is 1. The molecule has 0 aliphatic heterocycles. The van der Waals surface area contributed by atoms with E-state index in [-0.39, 0.29) is 10.7 Å². The molecular formula is C14H12Cl2N2O2S. The lowest BCUT2D eigenvalue weighted by Gasteiger charge is -2.08. The fourth-order valence-electron chi connectivity index (χ4n) is 1.70. The van der Waals surface area contributed by atoms with Crippen LogP contribution in [0.1, 0.15) is 0 Å². The zero-order valence-corrected chi connectivity index (χ0v) is 13.2. The Morgan fingerprint density at radius 2 is 1.81 bits per heavy atom. The number of nitro benzene ring substituents is 1. The summed E-state index contributed by atoms with van der Waals surface area (Å²) in [5.41, 5.74) is 0.303. The molecule has 2 aromatic carbocycles. The Hall–Kier alpha value is -1.43. The van der Waals surface area contributed by atoms with E-state index in [1.807, 2.05) is 30.3 Å². The SMILES string of the molecule is O=[N+]([O-])c1cc(Cl)c(Cl)cc1NCCSc1ccccc1. The molecule has 0 atom stereocenters. The van der Waals surface area contributed by atoms with Crippen LogP contribution < -0.4 is 5.32 Å². The molecule has 0 spiro atoms. The minimum atomic E-state index is -0.477. The number of hydrogen-bond acceptors (Lipinski definition) is 4. The van der Waals surface area contributed by atoms with Gasteiger partial charge in [0, 0.05) is 23.3 Å². The molecular weight excluding hydrogens is 331 g/mol. The van der Waals surface area contributed by atoms with Crippen molar-refractivity contribution in [1.82, 2.24) is 0 Å². The summed E-state index contributed by atoms with van der Waals surface area (Å²) in [6, 6.07) is 12.7. The fourth-order valence-corrected chi connectivity index (χ4v) is 2.81. The fraction of sp³-hybridized carbons (Fsp3) is 0.143. The van der Waals surface area contributed by atoms with Gasteiger partial charge in [0.25, 0.3) is 5.69 Å². The van der Waals surface area contributed by atoms with Crippen LogP contribution in [0.2, 0.25) is 10.0 Å². The van der Waals surface area contributed by atoms with Crippen LogP contribution in [-0.4, -0.2) is 17.2 Å². The summed E-state index contributed by atoms with van der Waals surface area (Å²) in [5, 5.41) is 14.5. The maximum Gasteiger partial charge on any atom is 0.293 e. The van der Waals surface area contributed by atoms with Crippen molar-refractivity contribution in [2.45, 2.75) is 4.90 Å². The molecule has 0 aliphatic rings. The molecule has 2 aromatic rings. The van der Waals surface area contributed by atoms with Gasteiger partial charge in [-0.3, -0.25) is 10.1 Å². The minimum Gasteiger partial charge on any atom is -0.379 e. The van der Waals surface area contributed by atoms with Crippen LogP contribution in [0, 0.1) is 10.1 Å². The van der Waals surface area contributed by atoms with Crippen molar-refractivity contribution in [1.29, 1.82) is 0 Å². The molecule has 7 heteroatoms. The second-order valence-electron chi connectivity index (χ2n) is 4.13. The summed E-state index contributed by atoms with van der Waals surface area (Å²) in [6.07, 6.45) is 0. The van der Waals surface area contributed by atoms with E-state index in [1.54, 1.807) is 11.8 Å². The molecule has 0 aromatic heterocycles. The second-order valence-corrected chi connectivity index (χ2v) is 6.11. The van der Waals surface area contributed by atoms with Gasteiger partial charge in [0.1, 0.15) is 5.69 Å². The number of anilines is 1. The van der Waals surface area contributed by atoms with E-state index in [4.69, 9.17) is 23.2 Å². The van der Waals surface area contributed by atoms with Gasteiger partial charge in [0.05, 0.1) is 15.0 Å². The first-order valence-corrected chi connectivity index (χ1v) is 7.87. The van der Waals surface area contributed by atoms with Crippen LogP contribution in [0.25, 0.3) is 0 Å². The maximum absolute atomic E-state index is 11.0. The van der Waals surface area contributed by atoms with Crippen LogP contribution >= 0.6 is 35.0 Å². The van der Waals surface area contributed by atoms with Crippen molar-refractivity contribution in [3.8, 4) is 0 Å². The Morgan fingerprint density at radius 3 is 2.48 bits per heavy atom. The molecule has 1 N–H and O–H groups in total. The lowest BCUT2D eigenvalue weighted by molar-refractivity contribution is -0.383. The zero-order valence-electron chi connectivity index (χ0n) is 10.9. The summed E-state index contributed by atoms with van der Waals surface area (Å²) in [4.78, 5) is 11.7. The molecule has 110 valence electrons. The molecule has 21 heavy (non-hydrogen) atoms. The summed E-state index contributed by atoms with van der Waals surface area (Å²) in [7, 11) is 0. The van der Waals surface area contributed by atoms with Gasteiger partial charge in [-0.15, -0.1) is 11.8 Å². The van der Waals surface area contributed by atoms with Crippen molar-refractivity contribution < 1.29 is 4.92 Å². The van der Waals surface area contributed by atoms with Gasteiger partial charge in [0.15, 0.2) is 0 Å². The average Bonchev–Trinajstić information content (AvgIpc) is 2.47. The van der Waals surface area contributed by atoms with E-state index >= 15 is 0 Å². The van der Waals surface area contributed by atoms with Crippen molar-refractivity contribution in [3.63, 3.8) is 0 Å². The third kappa shape index (κ3) is 4.52. The molecule has 0 fully saturated rings. The monoisotopic (exact) mass is 342 g/mol. The number of nitrogens with one attached hydrogen (secondary N) is 1. The Labute approximate surface area is 136 Å². The summed E-state index contributed by atoms with van der Waals surface area (Å²) >= 11 is 13.4. The third-order valence-corrected chi connectivity index (χ3v) is 4.40. The summed E-state index contributed by atoms with van der Waals surface area (Å²) in [6.45, 7) is 0.582. The lowest BCUT2D eigenvalue weighted by atomic mass is 10.2. The third-order valence-electron chi connectivity index (χ3n) is 2.66. The van der Waals surface area contributed by atoms with Gasteiger partial charge < -0.3 is 5.32 Å². The van der Waals surface area contributed by atoms with E-state index in [0.717, 1.165) is 10.6 Å². The van der Waals surface area contributed by atoms with Crippen molar-refractivity contribution in [2.75, 3.05) is 17.6 Å². The minimum absolute atomic E-state index is 0.0749. The molecule has 0 unspecified atom stereocenters. The first-order valence-electron chi connectivity index (χ1n) is 6.13. The standard InChI is InChI=1S/C14H12Cl2N2O2S/c15-11-8-13(14(18(19)20)9-12(11)16)17-6-7-21-10-4-2-1-3-5-10/h1-5,8-9,17H,6-7H2. The molecule has 0 bridgehead atoms. The lowest BCUT2D eigenvalue weighted by Crippen LogP contribution is -2.06. The largest absolute Gasteiger partial charge is 0.379 e. The van der Waals surface area contributed by atoms with Gasteiger partial charge >= 0.3 is 0 Å².